The molecule has 0 spiro atoms. The maximum Gasteiger partial charge on any atom is 0.341 e. The molecule has 1 aliphatic heterocycles. The maximum absolute atomic E-state index is 15.0. The zero-order valence-electron chi connectivity index (χ0n) is 18.5. The first-order chi connectivity index (χ1) is 16.2. The molecule has 1 aliphatic rings. The Morgan fingerprint density at radius 1 is 1.18 bits per heavy atom. The van der Waals surface area contributed by atoms with Crippen LogP contribution in [0.1, 0.15) is 28.9 Å². The van der Waals surface area contributed by atoms with Crippen LogP contribution in [0.25, 0.3) is 10.9 Å². The van der Waals surface area contributed by atoms with E-state index in [9.17, 15) is 19.8 Å². The van der Waals surface area contributed by atoms with E-state index in [1.165, 1.54) is 6.20 Å². The normalized spacial score (nSPS) is 14.9. The second-order valence-electron chi connectivity index (χ2n) is 8.10. The van der Waals surface area contributed by atoms with E-state index < -0.39 is 28.9 Å². The van der Waals surface area contributed by atoms with Gasteiger partial charge < -0.3 is 24.6 Å². The van der Waals surface area contributed by atoms with Gasteiger partial charge in [-0.3, -0.25) is 10.2 Å². The van der Waals surface area contributed by atoms with Gasteiger partial charge in [-0.15, -0.1) is 0 Å². The minimum Gasteiger partial charge on any atom is -0.477 e. The van der Waals surface area contributed by atoms with Crippen molar-refractivity contribution in [2.75, 3.05) is 31.1 Å². The highest BCUT2D eigenvalue weighted by atomic mass is 35.5. The van der Waals surface area contributed by atoms with Crippen LogP contribution in [-0.2, 0) is 6.54 Å². The highest BCUT2D eigenvalue weighted by Crippen LogP contribution is 2.27. The topological polar surface area (TPSA) is 110 Å². The van der Waals surface area contributed by atoms with Crippen LogP contribution in [0.4, 0.5) is 10.1 Å². The Balaban J connectivity index is 1.56. The van der Waals surface area contributed by atoms with E-state index in [2.05, 4.69) is 0 Å². The van der Waals surface area contributed by atoms with Gasteiger partial charge in [0.15, 0.2) is 0 Å². The second kappa shape index (κ2) is 9.44. The molecule has 2 aromatic carbocycles. The lowest BCUT2D eigenvalue weighted by atomic mass is 10.1. The molecule has 178 valence electrons. The fourth-order valence-electron chi connectivity index (χ4n) is 4.22. The number of carboxylic acid groups (broad SMARTS) is 1. The number of nitrogens with zero attached hydrogens (tertiary/aromatic N) is 3. The number of pyridine rings is 1. The second-order valence-corrected chi connectivity index (χ2v) is 8.53. The average molecular weight is 487 g/mol. The minimum absolute atomic E-state index is 0.0227. The molecular formula is C24H24ClFN4O4. The standard InChI is InChI=1S/C24H24ClFN4O4/c1-2-28-13-17(24(33)34)22(32)16-11-18(26)20(12-19(16)28)29-7-9-30(10-8-29)23(27)21(31)14-3-5-15(25)6-4-14/h3-6,11-13,21,27,31H,2,7-10H2,1H3,(H,33,34). The molecule has 3 aromatic rings. The third-order valence-corrected chi connectivity index (χ3v) is 6.38. The SMILES string of the molecule is CCn1cc(C(=O)O)c(=O)c2cc(F)c(N3CCN(C(=N)C(O)c4ccc(Cl)cc4)CC3)cc21. The first kappa shape index (κ1) is 23.7. The number of fused-ring (bicyclic) bond motifs is 1. The Hall–Kier alpha value is -3.43. The number of hydrogen-bond donors (Lipinski definition) is 3. The molecule has 4 rings (SSSR count). The fourth-order valence-corrected chi connectivity index (χ4v) is 4.35. The van der Waals surface area contributed by atoms with Crippen LogP contribution in [-0.4, -0.2) is 57.7 Å². The Morgan fingerprint density at radius 3 is 2.41 bits per heavy atom. The number of piperazine rings is 1. The quantitative estimate of drug-likeness (QED) is 0.377. The van der Waals surface area contributed by atoms with Crippen molar-refractivity contribution in [3.8, 4) is 0 Å². The lowest BCUT2D eigenvalue weighted by Gasteiger charge is -2.38. The van der Waals surface area contributed by atoms with Crippen molar-refractivity contribution in [1.29, 1.82) is 5.41 Å². The Morgan fingerprint density at radius 2 is 1.82 bits per heavy atom. The largest absolute Gasteiger partial charge is 0.477 e. The molecule has 10 heteroatoms. The number of aromatic carboxylic acids is 1. The highest BCUT2D eigenvalue weighted by Gasteiger charge is 2.26. The number of anilines is 1. The number of aliphatic hydroxyl groups excluding tert-OH is 1. The Kier molecular flexibility index (Phi) is 6.58. The van der Waals surface area contributed by atoms with E-state index >= 15 is 4.39 Å². The highest BCUT2D eigenvalue weighted by molar-refractivity contribution is 6.30. The predicted molar refractivity (Wildman–Crippen MR) is 129 cm³/mol. The number of benzene rings is 2. The number of aliphatic hydroxyl groups is 1. The number of rotatable bonds is 5. The molecule has 0 aliphatic carbocycles. The predicted octanol–water partition coefficient (Wildman–Crippen LogP) is 3.34. The molecule has 0 radical (unpaired) electrons. The van der Waals surface area contributed by atoms with Crippen molar-refractivity contribution >= 4 is 40.0 Å². The number of carbonyl (C=O) groups is 1. The summed E-state index contributed by atoms with van der Waals surface area (Å²) < 4.78 is 16.7. The molecule has 2 heterocycles. The lowest BCUT2D eigenvalue weighted by Crippen LogP contribution is -2.50. The number of nitrogens with one attached hydrogen (secondary N) is 1. The first-order valence-corrected chi connectivity index (χ1v) is 11.2. The number of aromatic nitrogens is 1. The molecule has 1 aromatic heterocycles. The summed E-state index contributed by atoms with van der Waals surface area (Å²) in [7, 11) is 0. The van der Waals surface area contributed by atoms with Crippen LogP contribution in [0.5, 0.6) is 0 Å². The maximum atomic E-state index is 15.0. The molecule has 1 unspecified atom stereocenters. The van der Waals surface area contributed by atoms with Crippen LogP contribution in [0.3, 0.4) is 0 Å². The van der Waals surface area contributed by atoms with E-state index in [4.69, 9.17) is 17.0 Å². The number of amidine groups is 1. The molecule has 0 bridgehead atoms. The van der Waals surface area contributed by atoms with Gasteiger partial charge >= 0.3 is 5.97 Å². The van der Waals surface area contributed by atoms with E-state index in [-0.39, 0.29) is 11.2 Å². The van der Waals surface area contributed by atoms with E-state index in [0.717, 1.165) is 6.07 Å². The van der Waals surface area contributed by atoms with Gasteiger partial charge in [-0.1, -0.05) is 23.7 Å². The summed E-state index contributed by atoms with van der Waals surface area (Å²) in [5, 5.41) is 28.8. The molecule has 0 amide bonds. The van der Waals surface area contributed by atoms with Gasteiger partial charge in [0.05, 0.1) is 11.2 Å². The molecule has 1 atom stereocenters. The van der Waals surface area contributed by atoms with Crippen molar-refractivity contribution in [3.63, 3.8) is 0 Å². The summed E-state index contributed by atoms with van der Waals surface area (Å²) in [5.74, 6) is -1.90. The number of carboxylic acids is 1. The third-order valence-electron chi connectivity index (χ3n) is 6.13. The zero-order chi connectivity index (χ0) is 24.6. The summed E-state index contributed by atoms with van der Waals surface area (Å²) in [6.07, 6.45) is 0.190. The van der Waals surface area contributed by atoms with Gasteiger partial charge in [0.25, 0.3) is 0 Å². The molecule has 8 nitrogen and oxygen atoms in total. The molecule has 34 heavy (non-hydrogen) atoms. The molecule has 1 fully saturated rings. The van der Waals surface area contributed by atoms with Gasteiger partial charge in [0.2, 0.25) is 5.43 Å². The van der Waals surface area contributed by atoms with E-state index in [1.54, 1.807) is 39.8 Å². The lowest BCUT2D eigenvalue weighted by molar-refractivity contribution is 0.0695. The van der Waals surface area contributed by atoms with E-state index in [0.29, 0.717) is 54.5 Å². The summed E-state index contributed by atoms with van der Waals surface area (Å²) in [6, 6.07) is 9.33. The van der Waals surface area contributed by atoms with Crippen molar-refractivity contribution in [2.24, 2.45) is 0 Å². The fraction of sp³-hybridized carbons (Fsp3) is 0.292. The Labute approximate surface area is 199 Å². The number of aryl methyl sites for hydroxylation is 1. The summed E-state index contributed by atoms with van der Waals surface area (Å²) in [4.78, 5) is 27.5. The number of hydrogen-bond acceptors (Lipinski definition) is 5. The van der Waals surface area contributed by atoms with Crippen molar-refractivity contribution in [3.05, 3.63) is 74.8 Å². The summed E-state index contributed by atoms with van der Waals surface area (Å²) in [5.41, 5.74) is 0.222. The van der Waals surface area contributed by atoms with Crippen LogP contribution in [0.2, 0.25) is 5.02 Å². The Bertz CT molecular complexity index is 1320. The van der Waals surface area contributed by atoms with Gasteiger partial charge in [0.1, 0.15) is 23.3 Å². The molecule has 1 saturated heterocycles. The molecular weight excluding hydrogens is 463 g/mol. The van der Waals surface area contributed by atoms with Gasteiger partial charge in [-0.2, -0.15) is 0 Å². The van der Waals surface area contributed by atoms with E-state index in [1.807, 2.05) is 11.8 Å². The summed E-state index contributed by atoms with van der Waals surface area (Å²) >= 11 is 5.89. The van der Waals surface area contributed by atoms with Crippen LogP contribution >= 0.6 is 11.6 Å². The van der Waals surface area contributed by atoms with Gasteiger partial charge in [0, 0.05) is 49.3 Å². The smallest absolute Gasteiger partial charge is 0.341 e. The van der Waals surface area contributed by atoms with Crippen LogP contribution in [0.15, 0.2) is 47.4 Å². The van der Waals surface area contributed by atoms with Crippen LogP contribution in [0, 0.1) is 11.2 Å². The molecule has 3 N–H and O–H groups in total. The average Bonchev–Trinajstić information content (AvgIpc) is 2.84. The van der Waals surface area contributed by atoms with Crippen molar-refractivity contribution < 1.29 is 19.4 Å². The monoisotopic (exact) mass is 486 g/mol. The van der Waals surface area contributed by atoms with Gasteiger partial charge in [-0.05, 0) is 36.8 Å². The zero-order valence-corrected chi connectivity index (χ0v) is 19.2. The van der Waals surface area contributed by atoms with Crippen molar-refractivity contribution in [2.45, 2.75) is 19.6 Å². The first-order valence-electron chi connectivity index (χ1n) is 10.8. The van der Waals surface area contributed by atoms with Crippen LogP contribution < -0.4 is 10.3 Å². The summed E-state index contributed by atoms with van der Waals surface area (Å²) in [6.45, 7) is 3.84. The molecule has 0 saturated carbocycles. The third kappa shape index (κ3) is 4.36. The minimum atomic E-state index is -1.35. The van der Waals surface area contributed by atoms with Crippen molar-refractivity contribution in [1.82, 2.24) is 9.47 Å². The number of halogens is 2. The van der Waals surface area contributed by atoms with Gasteiger partial charge in [-0.25, -0.2) is 9.18 Å².